The van der Waals surface area contributed by atoms with E-state index in [0.29, 0.717) is 24.7 Å². The number of hydrogen-bond acceptors (Lipinski definition) is 4. The van der Waals surface area contributed by atoms with Crippen LogP contribution in [0.5, 0.6) is 0 Å². The molecule has 5 nitrogen and oxygen atoms in total. The summed E-state index contributed by atoms with van der Waals surface area (Å²) < 4.78 is 5.24. The van der Waals surface area contributed by atoms with Gasteiger partial charge in [-0.15, -0.1) is 11.3 Å². The maximum Gasteiger partial charge on any atom is 0.242 e. The van der Waals surface area contributed by atoms with Gasteiger partial charge in [0.15, 0.2) is 0 Å². The van der Waals surface area contributed by atoms with Crippen molar-refractivity contribution in [2.24, 2.45) is 5.92 Å². The molecule has 0 radical (unpaired) electrons. The molecule has 0 bridgehead atoms. The minimum Gasteiger partial charge on any atom is -0.383 e. The summed E-state index contributed by atoms with van der Waals surface area (Å²) in [5.41, 5.74) is 2.23. The van der Waals surface area contributed by atoms with Gasteiger partial charge < -0.3 is 14.5 Å². The predicted octanol–water partition coefficient (Wildman–Crippen LogP) is 4.93. The predicted molar refractivity (Wildman–Crippen MR) is 128 cm³/mol. The Hall–Kier alpha value is -1.89. The zero-order chi connectivity index (χ0) is 22.5. The number of amides is 2. The quantitative estimate of drug-likeness (QED) is 0.571. The molecule has 2 heterocycles. The molecule has 0 saturated heterocycles. The Kier molecular flexibility index (Phi) is 7.87. The summed E-state index contributed by atoms with van der Waals surface area (Å²) in [7, 11) is 1.63. The lowest BCUT2D eigenvalue weighted by Crippen LogP contribution is -2.48. The summed E-state index contributed by atoms with van der Waals surface area (Å²) in [6.45, 7) is 1.62. The third-order valence-electron chi connectivity index (χ3n) is 6.63. The van der Waals surface area contributed by atoms with Crippen molar-refractivity contribution in [2.45, 2.75) is 44.6 Å². The molecule has 1 atom stereocenters. The minimum atomic E-state index is -0.149. The largest absolute Gasteiger partial charge is 0.383 e. The van der Waals surface area contributed by atoms with Crippen molar-refractivity contribution < 1.29 is 14.3 Å². The fraction of sp³-hybridized carbons (Fsp3) is 0.520. The molecule has 4 rings (SSSR count). The summed E-state index contributed by atoms with van der Waals surface area (Å²) in [6, 6.07) is 9.71. The van der Waals surface area contributed by atoms with Crippen LogP contribution in [0.4, 0.5) is 0 Å². The number of ether oxygens (including phenoxy) is 1. The summed E-state index contributed by atoms with van der Waals surface area (Å²) in [5, 5.41) is 2.77. The Morgan fingerprint density at radius 2 is 1.91 bits per heavy atom. The van der Waals surface area contributed by atoms with Crippen LogP contribution < -0.4 is 0 Å². The van der Waals surface area contributed by atoms with Crippen LogP contribution in [0.25, 0.3) is 0 Å². The summed E-state index contributed by atoms with van der Waals surface area (Å²) in [5.74, 6) is 0.124. The second-order valence-corrected chi connectivity index (χ2v) is 10.1. The molecular weight excluding hydrogens is 444 g/mol. The topological polar surface area (TPSA) is 49.9 Å². The molecule has 1 aromatic heterocycles. The van der Waals surface area contributed by atoms with Crippen LogP contribution in [0.2, 0.25) is 5.02 Å². The van der Waals surface area contributed by atoms with E-state index in [9.17, 15) is 9.59 Å². The minimum absolute atomic E-state index is 0.0120. The lowest BCUT2D eigenvalue weighted by molar-refractivity contribution is -0.145. The number of rotatable bonds is 7. The molecule has 0 spiro atoms. The lowest BCUT2D eigenvalue weighted by Gasteiger charge is -2.38. The van der Waals surface area contributed by atoms with Crippen molar-refractivity contribution in [1.29, 1.82) is 0 Å². The van der Waals surface area contributed by atoms with E-state index in [4.69, 9.17) is 16.3 Å². The molecule has 2 aromatic rings. The third kappa shape index (κ3) is 5.19. The van der Waals surface area contributed by atoms with Crippen LogP contribution in [-0.2, 0) is 20.7 Å². The molecule has 0 N–H and O–H groups in total. The second kappa shape index (κ2) is 10.8. The molecule has 1 aliphatic heterocycles. The van der Waals surface area contributed by atoms with Gasteiger partial charge in [0, 0.05) is 36.0 Å². The smallest absolute Gasteiger partial charge is 0.242 e. The molecule has 1 fully saturated rings. The highest BCUT2D eigenvalue weighted by atomic mass is 35.5. The van der Waals surface area contributed by atoms with E-state index in [-0.39, 0.29) is 30.3 Å². The second-order valence-electron chi connectivity index (χ2n) is 8.68. The molecule has 1 aromatic carbocycles. The van der Waals surface area contributed by atoms with Crippen molar-refractivity contribution >= 4 is 34.8 Å². The Bertz CT molecular complexity index is 924. The van der Waals surface area contributed by atoms with E-state index >= 15 is 0 Å². The highest BCUT2D eigenvalue weighted by Crippen LogP contribution is 2.38. The van der Waals surface area contributed by atoms with Crippen molar-refractivity contribution in [3.63, 3.8) is 0 Å². The number of thiophene rings is 1. The molecule has 1 unspecified atom stereocenters. The van der Waals surface area contributed by atoms with Crippen molar-refractivity contribution in [1.82, 2.24) is 9.80 Å². The van der Waals surface area contributed by atoms with Gasteiger partial charge in [0.2, 0.25) is 11.8 Å². The van der Waals surface area contributed by atoms with Crippen LogP contribution in [-0.4, -0.2) is 55.0 Å². The van der Waals surface area contributed by atoms with Crippen LogP contribution >= 0.6 is 22.9 Å². The number of fused-ring (bicyclic) bond motifs is 1. The van der Waals surface area contributed by atoms with Crippen LogP contribution in [0.1, 0.15) is 54.1 Å². The van der Waals surface area contributed by atoms with E-state index in [1.807, 2.05) is 29.2 Å². The van der Waals surface area contributed by atoms with Crippen LogP contribution in [0.15, 0.2) is 35.7 Å². The Morgan fingerprint density at radius 1 is 1.16 bits per heavy atom. The Morgan fingerprint density at radius 3 is 2.62 bits per heavy atom. The summed E-state index contributed by atoms with van der Waals surface area (Å²) in [6.07, 6.45) is 6.07. The first kappa shape index (κ1) is 23.3. The first-order valence-corrected chi connectivity index (χ1v) is 12.7. The molecule has 2 amide bonds. The lowest BCUT2D eigenvalue weighted by atomic mass is 9.88. The van der Waals surface area contributed by atoms with Crippen molar-refractivity contribution in [3.8, 4) is 0 Å². The molecule has 1 aliphatic carbocycles. The molecule has 172 valence electrons. The van der Waals surface area contributed by atoms with Gasteiger partial charge in [0.1, 0.15) is 0 Å². The maximum absolute atomic E-state index is 13.6. The third-order valence-corrected chi connectivity index (χ3v) is 7.88. The number of benzene rings is 1. The SMILES string of the molecule is COCCN(CC(=O)N1CCc2sccc2C1c1ccc(Cl)cc1)C(=O)C1CCCCC1. The zero-order valence-electron chi connectivity index (χ0n) is 18.6. The molecule has 1 saturated carbocycles. The van der Waals surface area contributed by atoms with E-state index in [2.05, 4.69) is 11.4 Å². The van der Waals surface area contributed by atoms with Crippen LogP contribution in [0.3, 0.4) is 0 Å². The summed E-state index contributed by atoms with van der Waals surface area (Å²) >= 11 is 7.86. The van der Waals surface area contributed by atoms with Gasteiger partial charge in [-0.25, -0.2) is 0 Å². The fourth-order valence-corrected chi connectivity index (χ4v) is 5.95. The average molecular weight is 475 g/mol. The van der Waals surface area contributed by atoms with Crippen molar-refractivity contribution in [2.75, 3.05) is 33.4 Å². The van der Waals surface area contributed by atoms with Crippen LogP contribution in [0, 0.1) is 5.92 Å². The van der Waals surface area contributed by atoms with Gasteiger partial charge in [0.25, 0.3) is 0 Å². The first-order chi connectivity index (χ1) is 15.6. The van der Waals surface area contributed by atoms with E-state index in [1.165, 1.54) is 16.9 Å². The van der Waals surface area contributed by atoms with Gasteiger partial charge >= 0.3 is 0 Å². The number of nitrogens with zero attached hydrogens (tertiary/aromatic N) is 2. The average Bonchev–Trinajstić information content (AvgIpc) is 3.30. The van der Waals surface area contributed by atoms with Gasteiger partial charge in [-0.1, -0.05) is 43.0 Å². The number of carbonyl (C=O) groups is 2. The number of methoxy groups -OCH3 is 1. The number of halogens is 1. The van der Waals surface area contributed by atoms with Gasteiger partial charge in [-0.05, 0) is 54.0 Å². The molecule has 32 heavy (non-hydrogen) atoms. The number of hydrogen-bond donors (Lipinski definition) is 0. The van der Waals surface area contributed by atoms with E-state index in [0.717, 1.165) is 37.7 Å². The van der Waals surface area contributed by atoms with Gasteiger partial charge in [-0.2, -0.15) is 0 Å². The van der Waals surface area contributed by atoms with E-state index < -0.39 is 0 Å². The maximum atomic E-state index is 13.6. The molecular formula is C25H31ClN2O3S. The number of carbonyl (C=O) groups excluding carboxylic acids is 2. The fourth-order valence-electron chi connectivity index (χ4n) is 4.92. The standard InChI is InChI=1S/C25H31ClN2O3S/c1-31-15-14-27(25(30)19-5-3-2-4-6-19)17-23(29)28-13-11-22-21(12-16-32-22)24(28)18-7-9-20(26)10-8-18/h7-10,12,16,19,24H,2-6,11,13-15,17H2,1H3. The van der Waals surface area contributed by atoms with Crippen molar-refractivity contribution in [3.05, 3.63) is 56.7 Å². The highest BCUT2D eigenvalue weighted by Gasteiger charge is 2.35. The van der Waals surface area contributed by atoms with E-state index in [1.54, 1.807) is 23.3 Å². The first-order valence-electron chi connectivity index (χ1n) is 11.5. The highest BCUT2D eigenvalue weighted by molar-refractivity contribution is 7.10. The molecule has 7 heteroatoms. The summed E-state index contributed by atoms with van der Waals surface area (Å²) in [4.78, 5) is 31.9. The zero-order valence-corrected chi connectivity index (χ0v) is 20.2. The molecule has 2 aliphatic rings. The monoisotopic (exact) mass is 474 g/mol. The Labute approximate surface area is 199 Å². The Balaban J connectivity index is 1.56. The van der Waals surface area contributed by atoms with Gasteiger partial charge in [-0.3, -0.25) is 9.59 Å². The van der Waals surface area contributed by atoms with Gasteiger partial charge in [0.05, 0.1) is 19.2 Å². The normalized spacial score (nSPS) is 18.9.